The van der Waals surface area contributed by atoms with E-state index in [1.807, 2.05) is 43.3 Å². The number of hydrazone groups is 1. The summed E-state index contributed by atoms with van der Waals surface area (Å²) in [6.45, 7) is 3.38. The van der Waals surface area contributed by atoms with Gasteiger partial charge in [-0.05, 0) is 36.8 Å². The van der Waals surface area contributed by atoms with Crippen LogP contribution in [0.15, 0.2) is 58.5 Å². The Morgan fingerprint density at radius 2 is 1.91 bits per heavy atom. The number of ketones is 1. The normalized spacial score (nSPS) is 15.0. The monoisotopic (exact) mass is 310 g/mol. The highest BCUT2D eigenvalue weighted by atomic mass is 32.2. The quantitative estimate of drug-likeness (QED) is 0.796. The molecule has 5 heteroatoms. The van der Waals surface area contributed by atoms with Crippen LogP contribution >= 0.6 is 11.8 Å². The molecule has 0 aromatic heterocycles. The third kappa shape index (κ3) is 2.67. The number of carbonyl (C=O) groups excluding carboxylic acids is 2. The van der Waals surface area contributed by atoms with Gasteiger partial charge in [0.1, 0.15) is 0 Å². The first-order valence-electron chi connectivity index (χ1n) is 6.84. The van der Waals surface area contributed by atoms with Crippen molar-refractivity contribution in [1.82, 2.24) is 0 Å². The summed E-state index contributed by atoms with van der Waals surface area (Å²) in [5.74, 6) is -0.373. The number of thioether (sulfide) groups is 1. The predicted octanol–water partition coefficient (Wildman–Crippen LogP) is 3.65. The minimum absolute atomic E-state index is 0.139. The van der Waals surface area contributed by atoms with E-state index in [1.165, 1.54) is 23.7 Å². The maximum atomic E-state index is 12.4. The molecule has 1 amide bonds. The van der Waals surface area contributed by atoms with Gasteiger partial charge in [0.05, 0.1) is 5.69 Å². The van der Waals surface area contributed by atoms with Gasteiger partial charge in [0.2, 0.25) is 11.7 Å². The Kier molecular flexibility index (Phi) is 3.81. The number of anilines is 1. The Balaban J connectivity index is 1.99. The Morgan fingerprint density at radius 1 is 1.14 bits per heavy atom. The summed E-state index contributed by atoms with van der Waals surface area (Å²) in [5, 5.41) is 5.89. The zero-order chi connectivity index (χ0) is 15.7. The fourth-order valence-corrected chi connectivity index (χ4v) is 3.19. The van der Waals surface area contributed by atoms with Crippen LogP contribution in [0.5, 0.6) is 0 Å². The lowest BCUT2D eigenvalue weighted by atomic mass is 10.1. The first-order valence-corrected chi connectivity index (χ1v) is 7.65. The van der Waals surface area contributed by atoms with Crippen LogP contribution in [0.4, 0.5) is 5.69 Å². The Morgan fingerprint density at radius 3 is 2.59 bits per heavy atom. The molecule has 0 radical (unpaired) electrons. The van der Waals surface area contributed by atoms with Crippen molar-refractivity contribution >= 4 is 34.2 Å². The second-order valence-electron chi connectivity index (χ2n) is 5.00. The van der Waals surface area contributed by atoms with E-state index in [2.05, 4.69) is 5.10 Å². The molecule has 0 N–H and O–H groups in total. The fourth-order valence-electron chi connectivity index (χ4n) is 2.24. The minimum Gasteiger partial charge on any atom is -0.286 e. The van der Waals surface area contributed by atoms with E-state index >= 15 is 0 Å². The summed E-state index contributed by atoms with van der Waals surface area (Å²) in [6.07, 6.45) is 0. The van der Waals surface area contributed by atoms with Crippen LogP contribution in [0, 0.1) is 6.92 Å². The van der Waals surface area contributed by atoms with Crippen LogP contribution < -0.4 is 5.01 Å². The standard InChI is InChI=1S/C17H14N2O2S/c1-11-6-5-7-13(10-11)19(12(2)20)18-17-16(21)14-8-3-4-9-15(14)22-17/h3-10H,1-2H3/b18-17+. The second-order valence-corrected chi connectivity index (χ2v) is 6.03. The van der Waals surface area contributed by atoms with E-state index in [-0.39, 0.29) is 11.7 Å². The number of Topliss-reactive ketones (excluding diaryl/α,β-unsaturated/α-hetero) is 1. The molecule has 22 heavy (non-hydrogen) atoms. The van der Waals surface area contributed by atoms with Crippen molar-refractivity contribution in [3.05, 3.63) is 59.7 Å². The van der Waals surface area contributed by atoms with Gasteiger partial charge in [-0.1, -0.05) is 36.0 Å². The molecule has 0 atom stereocenters. The second kappa shape index (κ2) is 5.77. The molecule has 0 bridgehead atoms. The van der Waals surface area contributed by atoms with Gasteiger partial charge in [-0.25, -0.2) is 0 Å². The molecule has 110 valence electrons. The van der Waals surface area contributed by atoms with Crippen molar-refractivity contribution in [1.29, 1.82) is 0 Å². The summed E-state index contributed by atoms with van der Waals surface area (Å²) in [5.41, 5.74) is 2.32. The number of amides is 1. The summed E-state index contributed by atoms with van der Waals surface area (Å²) in [7, 11) is 0. The highest BCUT2D eigenvalue weighted by Crippen LogP contribution is 2.33. The van der Waals surface area contributed by atoms with E-state index in [1.54, 1.807) is 12.1 Å². The van der Waals surface area contributed by atoms with E-state index in [0.717, 1.165) is 10.5 Å². The molecule has 2 aromatic rings. The van der Waals surface area contributed by atoms with Gasteiger partial charge in [-0.3, -0.25) is 9.59 Å². The van der Waals surface area contributed by atoms with E-state index < -0.39 is 0 Å². The number of carbonyl (C=O) groups is 2. The van der Waals surface area contributed by atoms with Crippen molar-refractivity contribution in [2.24, 2.45) is 5.10 Å². The molecule has 1 aliphatic rings. The number of benzene rings is 2. The highest BCUT2D eigenvalue weighted by molar-refractivity contribution is 8.16. The highest BCUT2D eigenvalue weighted by Gasteiger charge is 2.28. The molecule has 1 heterocycles. The van der Waals surface area contributed by atoms with Crippen LogP contribution in [0.1, 0.15) is 22.8 Å². The van der Waals surface area contributed by atoms with Gasteiger partial charge < -0.3 is 0 Å². The zero-order valence-electron chi connectivity index (χ0n) is 12.2. The molecule has 0 spiro atoms. The number of rotatable bonds is 2. The van der Waals surface area contributed by atoms with Crippen molar-refractivity contribution in [3.8, 4) is 0 Å². The molecule has 1 aliphatic heterocycles. The van der Waals surface area contributed by atoms with Crippen LogP contribution in [-0.2, 0) is 4.79 Å². The number of aryl methyl sites for hydroxylation is 1. The molecular weight excluding hydrogens is 296 g/mol. The summed E-state index contributed by atoms with van der Waals surface area (Å²) in [6, 6.07) is 14.8. The van der Waals surface area contributed by atoms with E-state index in [9.17, 15) is 9.59 Å². The molecule has 2 aromatic carbocycles. The molecule has 0 fully saturated rings. The third-order valence-electron chi connectivity index (χ3n) is 3.27. The average Bonchev–Trinajstić information content (AvgIpc) is 2.81. The molecular formula is C17H14N2O2S. The van der Waals surface area contributed by atoms with Gasteiger partial charge >= 0.3 is 0 Å². The number of hydrogen-bond acceptors (Lipinski definition) is 4. The fraction of sp³-hybridized carbons (Fsp3) is 0.118. The maximum Gasteiger partial charge on any atom is 0.244 e. The molecule has 0 saturated heterocycles. The van der Waals surface area contributed by atoms with Gasteiger partial charge in [-0.15, -0.1) is 0 Å². The van der Waals surface area contributed by atoms with Gasteiger partial charge in [-0.2, -0.15) is 10.1 Å². The number of nitrogens with zero attached hydrogens (tertiary/aromatic N) is 2. The molecule has 4 nitrogen and oxygen atoms in total. The van der Waals surface area contributed by atoms with Gasteiger partial charge in [0.25, 0.3) is 0 Å². The van der Waals surface area contributed by atoms with Crippen molar-refractivity contribution in [2.45, 2.75) is 18.7 Å². The van der Waals surface area contributed by atoms with Crippen LogP contribution in [0.3, 0.4) is 0 Å². The molecule has 0 saturated carbocycles. The largest absolute Gasteiger partial charge is 0.286 e. The predicted molar refractivity (Wildman–Crippen MR) is 88.4 cm³/mol. The van der Waals surface area contributed by atoms with Crippen molar-refractivity contribution < 1.29 is 9.59 Å². The third-order valence-corrected chi connectivity index (χ3v) is 4.30. The van der Waals surface area contributed by atoms with Gasteiger partial charge in [0.15, 0.2) is 5.04 Å². The topological polar surface area (TPSA) is 49.7 Å². The first kappa shape index (κ1) is 14.5. The van der Waals surface area contributed by atoms with E-state index in [0.29, 0.717) is 16.3 Å². The minimum atomic E-state index is -0.234. The van der Waals surface area contributed by atoms with E-state index in [4.69, 9.17) is 0 Å². The van der Waals surface area contributed by atoms with Crippen molar-refractivity contribution in [3.63, 3.8) is 0 Å². The lowest BCUT2D eigenvalue weighted by Crippen LogP contribution is -2.24. The number of fused-ring (bicyclic) bond motifs is 1. The SMILES string of the molecule is CC(=O)N(/N=C1/Sc2ccccc2C1=O)c1cccc(C)c1. The smallest absolute Gasteiger partial charge is 0.244 e. The van der Waals surface area contributed by atoms with Crippen LogP contribution in [0.25, 0.3) is 0 Å². The Labute approximate surface area is 132 Å². The van der Waals surface area contributed by atoms with Gasteiger partial charge in [0, 0.05) is 17.4 Å². The Bertz CT molecular complexity index is 799. The molecule has 3 rings (SSSR count). The number of hydrogen-bond donors (Lipinski definition) is 0. The molecule has 0 aliphatic carbocycles. The van der Waals surface area contributed by atoms with Crippen molar-refractivity contribution in [2.75, 3.05) is 5.01 Å². The maximum absolute atomic E-state index is 12.4. The summed E-state index contributed by atoms with van der Waals surface area (Å²) < 4.78 is 0. The summed E-state index contributed by atoms with van der Waals surface area (Å²) in [4.78, 5) is 25.2. The Hall–Kier alpha value is -2.40. The van der Waals surface area contributed by atoms with Crippen LogP contribution in [-0.4, -0.2) is 16.7 Å². The first-order chi connectivity index (χ1) is 10.6. The lowest BCUT2D eigenvalue weighted by molar-refractivity contribution is -0.116. The average molecular weight is 310 g/mol. The zero-order valence-corrected chi connectivity index (χ0v) is 13.1. The lowest BCUT2D eigenvalue weighted by Gasteiger charge is -2.16. The van der Waals surface area contributed by atoms with Crippen LogP contribution in [0.2, 0.25) is 0 Å². The summed E-state index contributed by atoms with van der Waals surface area (Å²) >= 11 is 1.30. The molecule has 0 unspecified atom stereocenters.